The number of halogens is 1. The Morgan fingerprint density at radius 2 is 1.68 bits per heavy atom. The summed E-state index contributed by atoms with van der Waals surface area (Å²) in [4.78, 5) is 13.9. The van der Waals surface area contributed by atoms with Gasteiger partial charge in [0.15, 0.2) is 5.11 Å². The Kier molecular flexibility index (Phi) is 3.78. The van der Waals surface area contributed by atoms with Gasteiger partial charge in [0.25, 0.3) is 5.91 Å². The second-order valence-electron chi connectivity index (χ2n) is 5.69. The highest BCUT2D eigenvalue weighted by Crippen LogP contribution is 2.25. The van der Waals surface area contributed by atoms with Gasteiger partial charge in [0.1, 0.15) is 11.5 Å². The van der Waals surface area contributed by atoms with E-state index in [9.17, 15) is 9.18 Å². The SMILES string of the molecule is O=C1C(=Cc2ccc3ccccc3c2)NC(=S)N1c1ccccc1F. The Hall–Kier alpha value is -3.05. The lowest BCUT2D eigenvalue weighted by molar-refractivity contribution is -0.113. The molecule has 1 aliphatic heterocycles. The molecule has 0 saturated carbocycles. The highest BCUT2D eigenvalue weighted by molar-refractivity contribution is 7.80. The number of rotatable bonds is 2. The number of carbonyl (C=O) groups is 1. The summed E-state index contributed by atoms with van der Waals surface area (Å²) in [7, 11) is 0. The molecule has 3 aromatic rings. The fourth-order valence-corrected chi connectivity index (χ4v) is 3.14. The predicted molar refractivity (Wildman–Crippen MR) is 102 cm³/mol. The average Bonchev–Trinajstić information content (AvgIpc) is 2.89. The molecule has 0 unspecified atom stereocenters. The van der Waals surface area contributed by atoms with Crippen LogP contribution in [0.4, 0.5) is 10.1 Å². The fraction of sp³-hybridized carbons (Fsp3) is 0. The van der Waals surface area contributed by atoms with Crippen LogP contribution >= 0.6 is 12.2 Å². The Labute approximate surface area is 149 Å². The molecule has 3 aromatic carbocycles. The van der Waals surface area contributed by atoms with Crippen LogP contribution in [0.2, 0.25) is 0 Å². The molecule has 122 valence electrons. The molecular weight excluding hydrogens is 335 g/mol. The number of thiocarbonyl (C=S) groups is 1. The van der Waals surface area contributed by atoms with Crippen molar-refractivity contribution in [1.82, 2.24) is 5.32 Å². The summed E-state index contributed by atoms with van der Waals surface area (Å²) < 4.78 is 14.0. The zero-order chi connectivity index (χ0) is 17.4. The molecule has 0 atom stereocenters. The summed E-state index contributed by atoms with van der Waals surface area (Å²) in [5.41, 5.74) is 1.34. The Balaban J connectivity index is 1.71. The summed E-state index contributed by atoms with van der Waals surface area (Å²) in [5, 5.41) is 5.25. The number of benzene rings is 3. The Bertz CT molecular complexity index is 1040. The van der Waals surface area contributed by atoms with Crippen molar-refractivity contribution in [3.63, 3.8) is 0 Å². The zero-order valence-electron chi connectivity index (χ0n) is 13.1. The molecular formula is C20H13FN2OS. The molecule has 0 spiro atoms. The summed E-state index contributed by atoms with van der Waals surface area (Å²) in [6.45, 7) is 0. The van der Waals surface area contributed by atoms with Gasteiger partial charge in [0.05, 0.1) is 5.69 Å². The number of fused-ring (bicyclic) bond motifs is 1. The first-order valence-corrected chi connectivity index (χ1v) is 8.15. The van der Waals surface area contributed by atoms with Crippen molar-refractivity contribution in [2.24, 2.45) is 0 Å². The lowest BCUT2D eigenvalue weighted by Gasteiger charge is -2.14. The molecule has 1 amide bonds. The van der Waals surface area contributed by atoms with Gasteiger partial charge in [-0.2, -0.15) is 0 Å². The molecule has 5 heteroatoms. The first-order chi connectivity index (χ1) is 12.1. The molecule has 25 heavy (non-hydrogen) atoms. The van der Waals surface area contributed by atoms with Crippen molar-refractivity contribution in [1.29, 1.82) is 0 Å². The Morgan fingerprint density at radius 1 is 0.960 bits per heavy atom. The normalized spacial score (nSPS) is 15.9. The van der Waals surface area contributed by atoms with E-state index in [4.69, 9.17) is 12.2 Å². The first-order valence-electron chi connectivity index (χ1n) is 7.74. The van der Waals surface area contributed by atoms with E-state index in [0.29, 0.717) is 5.70 Å². The molecule has 0 aliphatic carbocycles. The third kappa shape index (κ3) is 2.79. The third-order valence-electron chi connectivity index (χ3n) is 4.06. The topological polar surface area (TPSA) is 32.3 Å². The van der Waals surface area contributed by atoms with Gasteiger partial charge in [-0.15, -0.1) is 0 Å². The lowest BCUT2D eigenvalue weighted by Crippen LogP contribution is -2.31. The summed E-state index contributed by atoms with van der Waals surface area (Å²) in [6.07, 6.45) is 1.72. The summed E-state index contributed by atoms with van der Waals surface area (Å²) >= 11 is 5.22. The van der Waals surface area contributed by atoms with Gasteiger partial charge in [0.2, 0.25) is 0 Å². The Morgan fingerprint density at radius 3 is 2.48 bits per heavy atom. The second kappa shape index (κ2) is 6.11. The number of nitrogens with zero attached hydrogens (tertiary/aromatic N) is 1. The van der Waals surface area contributed by atoms with Crippen molar-refractivity contribution in [3.05, 3.63) is 83.8 Å². The predicted octanol–water partition coefficient (Wildman–Crippen LogP) is 4.24. The van der Waals surface area contributed by atoms with Gasteiger partial charge >= 0.3 is 0 Å². The van der Waals surface area contributed by atoms with E-state index in [1.54, 1.807) is 18.2 Å². The monoisotopic (exact) mass is 348 g/mol. The van der Waals surface area contributed by atoms with Crippen molar-refractivity contribution in [2.45, 2.75) is 0 Å². The number of hydrogen-bond donors (Lipinski definition) is 1. The van der Waals surface area contributed by atoms with E-state index in [2.05, 4.69) is 5.32 Å². The van der Waals surface area contributed by atoms with E-state index in [-0.39, 0.29) is 16.7 Å². The van der Waals surface area contributed by atoms with Crippen LogP contribution < -0.4 is 10.2 Å². The summed E-state index contributed by atoms with van der Waals surface area (Å²) in [5.74, 6) is -0.866. The van der Waals surface area contributed by atoms with Crippen LogP contribution in [0.25, 0.3) is 16.8 Å². The van der Waals surface area contributed by atoms with Crippen LogP contribution in [0.3, 0.4) is 0 Å². The van der Waals surface area contributed by atoms with Crippen molar-refractivity contribution in [2.75, 3.05) is 4.90 Å². The molecule has 0 radical (unpaired) electrons. The van der Waals surface area contributed by atoms with Crippen LogP contribution in [-0.2, 0) is 4.79 Å². The third-order valence-corrected chi connectivity index (χ3v) is 4.34. The van der Waals surface area contributed by atoms with Crippen molar-refractivity contribution >= 4 is 45.8 Å². The molecule has 4 rings (SSSR count). The van der Waals surface area contributed by atoms with E-state index >= 15 is 0 Å². The largest absolute Gasteiger partial charge is 0.327 e. The quantitative estimate of drug-likeness (QED) is 0.555. The molecule has 1 fully saturated rings. The molecule has 0 aromatic heterocycles. The smallest absolute Gasteiger partial charge is 0.281 e. The number of carbonyl (C=O) groups excluding carboxylic acids is 1. The van der Waals surface area contributed by atoms with E-state index in [1.165, 1.54) is 17.0 Å². The van der Waals surface area contributed by atoms with Crippen LogP contribution in [-0.4, -0.2) is 11.0 Å². The zero-order valence-corrected chi connectivity index (χ0v) is 13.9. The number of hydrogen-bond acceptors (Lipinski definition) is 2. The average molecular weight is 348 g/mol. The van der Waals surface area contributed by atoms with E-state index < -0.39 is 5.82 Å². The van der Waals surface area contributed by atoms with Gasteiger partial charge in [-0.05, 0) is 52.8 Å². The minimum atomic E-state index is -0.494. The lowest BCUT2D eigenvalue weighted by atomic mass is 10.1. The molecule has 1 saturated heterocycles. The minimum absolute atomic E-state index is 0.145. The first kappa shape index (κ1) is 15.5. The maximum absolute atomic E-state index is 14.0. The van der Waals surface area contributed by atoms with Gasteiger partial charge in [-0.3, -0.25) is 4.79 Å². The van der Waals surface area contributed by atoms with E-state index in [0.717, 1.165) is 16.3 Å². The summed E-state index contributed by atoms with van der Waals surface area (Å²) in [6, 6.07) is 20.0. The minimum Gasteiger partial charge on any atom is -0.327 e. The van der Waals surface area contributed by atoms with Crippen LogP contribution in [0.1, 0.15) is 5.56 Å². The molecule has 1 N–H and O–H groups in total. The molecule has 1 heterocycles. The van der Waals surface area contributed by atoms with Gasteiger partial charge in [-0.1, -0.05) is 48.5 Å². The highest BCUT2D eigenvalue weighted by atomic mass is 32.1. The maximum Gasteiger partial charge on any atom is 0.281 e. The van der Waals surface area contributed by atoms with Crippen LogP contribution in [0, 0.1) is 5.82 Å². The number of anilines is 1. The molecule has 0 bridgehead atoms. The number of amides is 1. The van der Waals surface area contributed by atoms with Crippen LogP contribution in [0.5, 0.6) is 0 Å². The maximum atomic E-state index is 14.0. The van der Waals surface area contributed by atoms with Gasteiger partial charge in [0, 0.05) is 0 Å². The van der Waals surface area contributed by atoms with Gasteiger partial charge < -0.3 is 5.32 Å². The molecule has 3 nitrogen and oxygen atoms in total. The molecule has 1 aliphatic rings. The van der Waals surface area contributed by atoms with Crippen molar-refractivity contribution in [3.8, 4) is 0 Å². The number of para-hydroxylation sites is 1. The fourth-order valence-electron chi connectivity index (χ4n) is 2.85. The van der Waals surface area contributed by atoms with Crippen molar-refractivity contribution < 1.29 is 9.18 Å². The van der Waals surface area contributed by atoms with Crippen LogP contribution in [0.15, 0.2) is 72.4 Å². The highest BCUT2D eigenvalue weighted by Gasteiger charge is 2.33. The van der Waals surface area contributed by atoms with E-state index in [1.807, 2.05) is 42.5 Å². The second-order valence-corrected chi connectivity index (χ2v) is 6.07. The van der Waals surface area contributed by atoms with Gasteiger partial charge in [-0.25, -0.2) is 9.29 Å². The number of nitrogens with one attached hydrogen (secondary N) is 1. The standard InChI is InChI=1S/C20H13FN2OS/c21-16-7-3-4-8-18(16)23-19(24)17(22-20(23)25)12-13-9-10-14-5-1-2-6-15(14)11-13/h1-12H,(H,22,25).